The van der Waals surface area contributed by atoms with E-state index < -0.39 is 0 Å². The second-order valence-electron chi connectivity index (χ2n) is 3.90. The van der Waals surface area contributed by atoms with Gasteiger partial charge in [-0.3, -0.25) is 9.59 Å². The van der Waals surface area contributed by atoms with Crippen LogP contribution >= 0.6 is 28.3 Å². The lowest BCUT2D eigenvalue weighted by atomic mass is 10.2. The van der Waals surface area contributed by atoms with E-state index in [4.69, 9.17) is 5.73 Å². The predicted octanol–water partition coefficient (Wildman–Crippen LogP) is 1.06. The quantitative estimate of drug-likeness (QED) is 0.742. The first-order valence-corrected chi connectivity index (χ1v) is 6.35. The van der Waals surface area contributed by atoms with Gasteiger partial charge in [0.15, 0.2) is 0 Å². The molecule has 1 rings (SSSR count). The molecule has 0 saturated heterocycles. The van der Waals surface area contributed by atoms with E-state index in [0.29, 0.717) is 12.1 Å². The topological polar surface area (TPSA) is 84.2 Å². The lowest BCUT2D eigenvalue weighted by Crippen LogP contribution is -2.43. The number of nitrogens with one attached hydrogen (secondary N) is 2. The Balaban J connectivity index is 0.00000324. The Kier molecular flexibility index (Phi) is 8.38. The molecule has 4 N–H and O–H groups in total. The largest absolute Gasteiger partial charge is 0.351 e. The predicted molar refractivity (Wildman–Crippen MR) is 80.4 cm³/mol. The molecule has 7 heteroatoms. The molecule has 0 aliphatic heterocycles. The van der Waals surface area contributed by atoms with Gasteiger partial charge < -0.3 is 16.4 Å². The number of carbonyl (C=O) groups excluding carboxylic acids is 2. The van der Waals surface area contributed by atoms with Crippen LogP contribution in [0.25, 0.3) is 0 Å². The van der Waals surface area contributed by atoms with Gasteiger partial charge in [0.25, 0.3) is 5.91 Å². The van der Waals surface area contributed by atoms with E-state index >= 15 is 0 Å². The highest BCUT2D eigenvalue weighted by Crippen LogP contribution is 2.11. The second-order valence-corrected chi connectivity index (χ2v) is 4.81. The molecule has 2 amide bonds. The van der Waals surface area contributed by atoms with E-state index in [1.807, 2.05) is 6.07 Å². The molecule has 19 heavy (non-hydrogen) atoms. The van der Waals surface area contributed by atoms with E-state index in [1.54, 1.807) is 25.1 Å². The van der Waals surface area contributed by atoms with Crippen LogP contribution in [0.4, 0.5) is 0 Å². The monoisotopic (exact) mass is 349 g/mol. The van der Waals surface area contributed by atoms with Gasteiger partial charge in [0.2, 0.25) is 5.91 Å². The van der Waals surface area contributed by atoms with Crippen LogP contribution in [0.2, 0.25) is 0 Å². The SMILES string of the molecule is C[C@@H](CN)NC(=O)CNC(=O)c1cccc(Br)c1.Cl. The summed E-state index contributed by atoms with van der Waals surface area (Å²) < 4.78 is 0.816. The van der Waals surface area contributed by atoms with E-state index in [0.717, 1.165) is 4.47 Å². The van der Waals surface area contributed by atoms with Crippen molar-refractivity contribution in [2.75, 3.05) is 13.1 Å². The van der Waals surface area contributed by atoms with Gasteiger partial charge in [-0.15, -0.1) is 12.4 Å². The van der Waals surface area contributed by atoms with Gasteiger partial charge in [0.1, 0.15) is 0 Å². The Labute approximate surface area is 126 Å². The molecule has 0 aliphatic rings. The van der Waals surface area contributed by atoms with Crippen LogP contribution < -0.4 is 16.4 Å². The average Bonchev–Trinajstić information content (AvgIpc) is 2.35. The summed E-state index contributed by atoms with van der Waals surface area (Å²) in [5, 5.41) is 5.20. The van der Waals surface area contributed by atoms with Crippen molar-refractivity contribution in [1.82, 2.24) is 10.6 Å². The summed E-state index contributed by atoms with van der Waals surface area (Å²) in [6, 6.07) is 6.86. The molecule has 0 saturated carbocycles. The van der Waals surface area contributed by atoms with Crippen molar-refractivity contribution in [3.63, 3.8) is 0 Å². The van der Waals surface area contributed by atoms with E-state index in [9.17, 15) is 9.59 Å². The molecule has 0 spiro atoms. The number of amides is 2. The molecular weight excluding hydrogens is 334 g/mol. The molecule has 0 radical (unpaired) electrons. The molecule has 1 aromatic carbocycles. The first-order valence-electron chi connectivity index (χ1n) is 5.56. The molecule has 1 atom stereocenters. The van der Waals surface area contributed by atoms with Crippen LogP contribution in [0, 0.1) is 0 Å². The summed E-state index contributed by atoms with van der Waals surface area (Å²) in [6.07, 6.45) is 0. The van der Waals surface area contributed by atoms with Crippen molar-refractivity contribution in [2.45, 2.75) is 13.0 Å². The number of hydrogen-bond donors (Lipinski definition) is 3. The van der Waals surface area contributed by atoms with E-state index in [1.165, 1.54) is 0 Å². The van der Waals surface area contributed by atoms with Crippen molar-refractivity contribution >= 4 is 40.2 Å². The standard InChI is InChI=1S/C12H16BrN3O2.ClH/c1-8(6-14)16-11(17)7-15-12(18)9-3-2-4-10(13)5-9;/h2-5,8H,6-7,14H2,1H3,(H,15,18)(H,16,17);1H/t8-;/m0./s1. The van der Waals surface area contributed by atoms with Crippen molar-refractivity contribution in [3.8, 4) is 0 Å². The molecular formula is C12H17BrClN3O2. The van der Waals surface area contributed by atoms with Gasteiger partial charge in [0.05, 0.1) is 6.54 Å². The summed E-state index contributed by atoms with van der Waals surface area (Å²) in [7, 11) is 0. The molecule has 0 bridgehead atoms. The summed E-state index contributed by atoms with van der Waals surface area (Å²) in [5.74, 6) is -0.539. The number of nitrogens with two attached hydrogens (primary N) is 1. The van der Waals surface area contributed by atoms with Crippen molar-refractivity contribution < 1.29 is 9.59 Å². The highest BCUT2D eigenvalue weighted by molar-refractivity contribution is 9.10. The van der Waals surface area contributed by atoms with Gasteiger partial charge in [-0.2, -0.15) is 0 Å². The van der Waals surface area contributed by atoms with Gasteiger partial charge in [-0.05, 0) is 25.1 Å². The van der Waals surface area contributed by atoms with Crippen LogP contribution in [-0.2, 0) is 4.79 Å². The highest BCUT2D eigenvalue weighted by Gasteiger charge is 2.09. The van der Waals surface area contributed by atoms with Crippen LogP contribution in [0.5, 0.6) is 0 Å². The fourth-order valence-corrected chi connectivity index (χ4v) is 1.68. The minimum absolute atomic E-state index is 0. The third-order valence-electron chi connectivity index (χ3n) is 2.26. The zero-order valence-electron chi connectivity index (χ0n) is 10.5. The number of hydrogen-bond acceptors (Lipinski definition) is 3. The summed E-state index contributed by atoms with van der Waals surface area (Å²) in [6.45, 7) is 2.11. The van der Waals surface area contributed by atoms with Crippen LogP contribution in [0.3, 0.4) is 0 Å². The van der Waals surface area contributed by atoms with Gasteiger partial charge in [-0.1, -0.05) is 22.0 Å². The van der Waals surface area contributed by atoms with Crippen LogP contribution in [0.1, 0.15) is 17.3 Å². The Morgan fingerprint density at radius 2 is 2.11 bits per heavy atom. The highest BCUT2D eigenvalue weighted by atomic mass is 79.9. The van der Waals surface area contributed by atoms with E-state index in [-0.39, 0.29) is 36.8 Å². The molecule has 0 heterocycles. The normalized spacial score (nSPS) is 11.1. The van der Waals surface area contributed by atoms with Crippen molar-refractivity contribution in [1.29, 1.82) is 0 Å². The molecule has 0 unspecified atom stereocenters. The number of carbonyl (C=O) groups is 2. The maximum absolute atomic E-state index is 11.7. The lowest BCUT2D eigenvalue weighted by Gasteiger charge is -2.11. The molecule has 5 nitrogen and oxygen atoms in total. The minimum Gasteiger partial charge on any atom is -0.351 e. The molecule has 0 aromatic heterocycles. The number of rotatable bonds is 5. The number of benzene rings is 1. The average molecular weight is 351 g/mol. The Morgan fingerprint density at radius 3 is 2.68 bits per heavy atom. The molecule has 1 aromatic rings. The third-order valence-corrected chi connectivity index (χ3v) is 2.75. The van der Waals surface area contributed by atoms with Gasteiger partial charge >= 0.3 is 0 Å². The number of halogens is 2. The maximum atomic E-state index is 11.7. The molecule has 0 fully saturated rings. The Hall–Kier alpha value is -1.11. The molecule has 0 aliphatic carbocycles. The summed E-state index contributed by atoms with van der Waals surface area (Å²) in [4.78, 5) is 23.1. The Bertz CT molecular complexity index is 443. The van der Waals surface area contributed by atoms with Gasteiger partial charge in [0, 0.05) is 22.6 Å². The summed E-state index contributed by atoms with van der Waals surface area (Å²) in [5.41, 5.74) is 5.88. The minimum atomic E-state index is -0.285. The van der Waals surface area contributed by atoms with Gasteiger partial charge in [-0.25, -0.2) is 0 Å². The Morgan fingerprint density at radius 1 is 1.42 bits per heavy atom. The van der Waals surface area contributed by atoms with Crippen molar-refractivity contribution in [3.05, 3.63) is 34.3 Å². The maximum Gasteiger partial charge on any atom is 0.251 e. The van der Waals surface area contributed by atoms with Crippen LogP contribution in [-0.4, -0.2) is 30.9 Å². The first-order chi connectivity index (χ1) is 8.52. The fourth-order valence-electron chi connectivity index (χ4n) is 1.28. The van der Waals surface area contributed by atoms with E-state index in [2.05, 4.69) is 26.6 Å². The zero-order chi connectivity index (χ0) is 13.5. The second kappa shape index (κ2) is 8.90. The molecule has 106 valence electrons. The fraction of sp³-hybridized carbons (Fsp3) is 0.333. The third kappa shape index (κ3) is 6.56. The smallest absolute Gasteiger partial charge is 0.251 e. The summed E-state index contributed by atoms with van der Waals surface area (Å²) >= 11 is 3.28. The lowest BCUT2D eigenvalue weighted by molar-refractivity contribution is -0.120. The first kappa shape index (κ1) is 17.9. The van der Waals surface area contributed by atoms with Crippen molar-refractivity contribution in [2.24, 2.45) is 5.73 Å². The zero-order valence-corrected chi connectivity index (χ0v) is 12.9. The van der Waals surface area contributed by atoms with Crippen LogP contribution in [0.15, 0.2) is 28.7 Å².